The van der Waals surface area contributed by atoms with E-state index in [9.17, 15) is 29.1 Å². The second kappa shape index (κ2) is 14.9. The van der Waals surface area contributed by atoms with E-state index < -0.39 is 47.5 Å². The smallest absolute Gasteiger partial charge is 0.410 e. The highest BCUT2D eigenvalue weighted by Crippen LogP contribution is 2.52. The Kier molecular flexibility index (Phi) is 12.1. The van der Waals surface area contributed by atoms with Crippen LogP contribution in [-0.4, -0.2) is 79.2 Å². The topological polar surface area (TPSA) is 130 Å². The van der Waals surface area contributed by atoms with Crippen LogP contribution in [0.1, 0.15) is 84.7 Å². The molecule has 4 atom stereocenters. The van der Waals surface area contributed by atoms with E-state index in [2.05, 4.69) is 5.32 Å². The van der Waals surface area contributed by atoms with E-state index >= 15 is 0 Å². The van der Waals surface area contributed by atoms with E-state index in [1.165, 1.54) is 11.8 Å². The zero-order valence-electron chi connectivity index (χ0n) is 25.2. The van der Waals surface area contributed by atoms with Crippen molar-refractivity contribution in [2.75, 3.05) is 18.1 Å². The summed E-state index contributed by atoms with van der Waals surface area (Å²) in [5.41, 5.74) is -0.0588. The number of nitrogens with one attached hydrogen (secondary N) is 1. The molecule has 9 nitrogen and oxygen atoms in total. The van der Waals surface area contributed by atoms with Crippen LogP contribution in [-0.2, 0) is 23.9 Å². The van der Waals surface area contributed by atoms with Crippen molar-refractivity contribution in [3.8, 4) is 0 Å². The van der Waals surface area contributed by atoms with Crippen molar-refractivity contribution in [1.29, 1.82) is 0 Å². The van der Waals surface area contributed by atoms with E-state index in [1.807, 2.05) is 13.0 Å². The molecule has 2 aliphatic heterocycles. The Bertz CT molecular complexity index is 1130. The number of carbonyl (C=O) groups excluding carboxylic acids is 5. The number of ether oxygens (including phenoxy) is 1. The van der Waals surface area contributed by atoms with Gasteiger partial charge in [-0.25, -0.2) is 4.79 Å². The van der Waals surface area contributed by atoms with Crippen LogP contribution >= 0.6 is 23.5 Å². The van der Waals surface area contributed by atoms with Crippen LogP contribution in [0.3, 0.4) is 0 Å². The van der Waals surface area contributed by atoms with Crippen LogP contribution in [0.2, 0.25) is 0 Å². The first-order valence-corrected chi connectivity index (χ1v) is 16.6. The minimum Gasteiger partial charge on any atom is -0.444 e. The van der Waals surface area contributed by atoms with Crippen molar-refractivity contribution in [3.63, 3.8) is 0 Å². The first kappa shape index (κ1) is 34.1. The van der Waals surface area contributed by atoms with E-state index in [4.69, 9.17) is 4.74 Å². The highest BCUT2D eigenvalue weighted by atomic mass is 32.2. The molecule has 1 aromatic rings. The molecule has 2 fully saturated rings. The number of likely N-dealkylation sites (tertiary alicyclic amines) is 1. The summed E-state index contributed by atoms with van der Waals surface area (Å²) in [5, 5.41) is 13.7. The quantitative estimate of drug-likeness (QED) is 0.322. The number of benzene rings is 1. The summed E-state index contributed by atoms with van der Waals surface area (Å²) in [6.07, 6.45) is -0.809. The van der Waals surface area contributed by atoms with Crippen LogP contribution in [0, 0.1) is 5.92 Å². The fourth-order valence-electron chi connectivity index (χ4n) is 5.43. The van der Waals surface area contributed by atoms with Gasteiger partial charge in [-0.2, -0.15) is 0 Å². The molecule has 2 saturated heterocycles. The average molecular weight is 621 g/mol. The maximum absolute atomic E-state index is 13.7. The second-order valence-electron chi connectivity index (χ2n) is 12.1. The lowest BCUT2D eigenvalue weighted by atomic mass is 9.86. The predicted octanol–water partition coefficient (Wildman–Crippen LogP) is 4.70. The molecule has 2 heterocycles. The molecule has 11 heteroatoms. The average Bonchev–Trinajstić information content (AvgIpc) is 3.55. The van der Waals surface area contributed by atoms with Gasteiger partial charge in [-0.3, -0.25) is 24.1 Å². The largest absolute Gasteiger partial charge is 0.444 e. The number of nitrogens with zero attached hydrogens (tertiary/aromatic N) is 1. The number of aliphatic hydroxyl groups excluding tert-OH is 1. The molecule has 2 N–H and O–H groups in total. The first-order valence-electron chi connectivity index (χ1n) is 14.6. The number of aliphatic hydroxyl groups is 1. The zero-order chi connectivity index (χ0) is 31.1. The van der Waals surface area contributed by atoms with Gasteiger partial charge in [0.25, 0.3) is 0 Å². The molecule has 1 aromatic carbocycles. The lowest BCUT2D eigenvalue weighted by molar-refractivity contribution is -0.134. The predicted molar refractivity (Wildman–Crippen MR) is 165 cm³/mol. The fourth-order valence-corrected chi connectivity index (χ4v) is 8.68. The van der Waals surface area contributed by atoms with Crippen molar-refractivity contribution in [1.82, 2.24) is 10.2 Å². The molecular formula is C31H44N2O7S2. The van der Waals surface area contributed by atoms with Gasteiger partial charge in [0.2, 0.25) is 5.91 Å². The molecule has 0 radical (unpaired) electrons. The Morgan fingerprint density at radius 1 is 1.10 bits per heavy atom. The van der Waals surface area contributed by atoms with Crippen LogP contribution in [0.5, 0.6) is 0 Å². The van der Waals surface area contributed by atoms with E-state index in [-0.39, 0.29) is 34.9 Å². The SMILES string of the molecule is CCCC(CC(=O)C1CC2(CN1C(=O)OC(C)(C)C)SCCS2)C(O)C(=O)CCC(=O)N[C@H](C(C)=O)c1ccccc1. The molecule has 232 valence electrons. The summed E-state index contributed by atoms with van der Waals surface area (Å²) >= 11 is 3.53. The van der Waals surface area contributed by atoms with Crippen molar-refractivity contribution in [2.45, 2.75) is 101 Å². The van der Waals surface area contributed by atoms with Crippen molar-refractivity contribution in [2.24, 2.45) is 5.92 Å². The van der Waals surface area contributed by atoms with E-state index in [0.717, 1.165) is 11.5 Å². The molecular weight excluding hydrogens is 576 g/mol. The molecule has 1 spiro atoms. The van der Waals surface area contributed by atoms with Crippen LogP contribution in [0.4, 0.5) is 4.79 Å². The standard InChI is InChI=1S/C31H44N2O7S2/c1-6-10-22(28(38)24(35)13-14-26(37)32-27(20(2)34)21-11-8-7-9-12-21)17-25(36)23-18-31(41-15-16-42-31)19-33(23)29(39)40-30(3,4)5/h7-9,11-12,22-23,27-28,38H,6,10,13-19H2,1-5H3,(H,32,37)/t22?,23?,27-,28?/m1/s1. The second-order valence-corrected chi connectivity index (χ2v) is 15.3. The molecule has 3 rings (SSSR count). The number of rotatable bonds is 13. The van der Waals surface area contributed by atoms with Gasteiger partial charge in [0.15, 0.2) is 17.3 Å². The minimum absolute atomic E-state index is 0.0528. The Hall–Kier alpha value is -2.37. The third-order valence-corrected chi connectivity index (χ3v) is 10.9. The summed E-state index contributed by atoms with van der Waals surface area (Å²) in [6, 6.07) is 7.34. The summed E-state index contributed by atoms with van der Waals surface area (Å²) in [6.45, 7) is 9.07. The monoisotopic (exact) mass is 620 g/mol. The molecule has 2 aliphatic rings. The van der Waals surface area contributed by atoms with Crippen LogP contribution in [0.25, 0.3) is 0 Å². The lowest BCUT2D eigenvalue weighted by Gasteiger charge is -2.29. The summed E-state index contributed by atoms with van der Waals surface area (Å²) in [4.78, 5) is 66.0. The van der Waals surface area contributed by atoms with Crippen LogP contribution in [0.15, 0.2) is 30.3 Å². The molecule has 3 unspecified atom stereocenters. The Morgan fingerprint density at radius 2 is 1.74 bits per heavy atom. The minimum atomic E-state index is -1.42. The molecule has 2 amide bonds. The van der Waals surface area contributed by atoms with Gasteiger partial charge < -0.3 is 15.2 Å². The normalized spacial score (nSPS) is 20.1. The molecule has 0 bridgehead atoms. The first-order chi connectivity index (χ1) is 19.7. The third-order valence-electron chi connectivity index (χ3n) is 7.45. The number of carbonyl (C=O) groups is 5. The summed E-state index contributed by atoms with van der Waals surface area (Å²) in [7, 11) is 0. The maximum Gasteiger partial charge on any atom is 0.410 e. The highest BCUT2D eigenvalue weighted by molar-refractivity contribution is 8.21. The number of amides is 2. The van der Waals surface area contributed by atoms with Gasteiger partial charge >= 0.3 is 6.09 Å². The van der Waals surface area contributed by atoms with Gasteiger partial charge in [0.05, 0.1) is 10.1 Å². The fraction of sp³-hybridized carbons (Fsp3) is 0.645. The Balaban J connectivity index is 1.63. The van der Waals surface area contributed by atoms with Crippen molar-refractivity contribution >= 4 is 52.9 Å². The number of hydrogen-bond acceptors (Lipinski definition) is 9. The third kappa shape index (κ3) is 9.31. The number of Topliss-reactive ketones (excluding diaryl/α,β-unsaturated/α-hetero) is 3. The highest BCUT2D eigenvalue weighted by Gasteiger charge is 2.52. The zero-order valence-corrected chi connectivity index (χ0v) is 26.9. The number of hydrogen-bond donors (Lipinski definition) is 2. The van der Waals surface area contributed by atoms with Gasteiger partial charge in [-0.05, 0) is 45.6 Å². The maximum atomic E-state index is 13.7. The molecule has 42 heavy (non-hydrogen) atoms. The van der Waals surface area contributed by atoms with E-state index in [1.54, 1.807) is 68.6 Å². The van der Waals surface area contributed by atoms with Gasteiger partial charge in [0.1, 0.15) is 17.7 Å². The van der Waals surface area contributed by atoms with Crippen molar-refractivity contribution < 1.29 is 33.8 Å². The van der Waals surface area contributed by atoms with Gasteiger partial charge in [-0.15, -0.1) is 23.5 Å². The number of ketones is 3. The number of thioether (sulfide) groups is 2. The Morgan fingerprint density at radius 3 is 2.31 bits per heavy atom. The Labute approximate surface area is 257 Å². The molecule has 0 aromatic heterocycles. The molecule has 0 saturated carbocycles. The van der Waals surface area contributed by atoms with E-state index in [0.29, 0.717) is 31.4 Å². The summed E-state index contributed by atoms with van der Waals surface area (Å²) < 4.78 is 5.37. The van der Waals surface area contributed by atoms with Crippen LogP contribution < -0.4 is 5.32 Å². The van der Waals surface area contributed by atoms with Gasteiger partial charge in [-0.1, -0.05) is 43.7 Å². The summed E-state index contributed by atoms with van der Waals surface area (Å²) in [5.74, 6) is -0.153. The molecule has 0 aliphatic carbocycles. The lowest BCUT2D eigenvalue weighted by Crippen LogP contribution is -2.45. The van der Waals surface area contributed by atoms with Gasteiger partial charge in [0, 0.05) is 43.7 Å². The van der Waals surface area contributed by atoms with Crippen molar-refractivity contribution in [3.05, 3.63) is 35.9 Å².